The van der Waals surface area contributed by atoms with Crippen LogP contribution in [0.4, 0.5) is 0 Å². The minimum absolute atomic E-state index is 0.0354. The van der Waals surface area contributed by atoms with Crippen LogP contribution in [0, 0.1) is 21.7 Å². The second-order valence-electron chi connectivity index (χ2n) is 23.4. The molecule has 440 valence electrons. The van der Waals surface area contributed by atoms with Gasteiger partial charge in [-0.3, -0.25) is 14.2 Å². The van der Waals surface area contributed by atoms with Gasteiger partial charge in [0.05, 0.1) is 62.9 Å². The predicted molar refractivity (Wildman–Crippen MR) is 300 cm³/mol. The van der Waals surface area contributed by atoms with E-state index < -0.39 is 31.9 Å². The molecule has 4 aliphatic carbocycles. The van der Waals surface area contributed by atoms with Crippen LogP contribution in [0.2, 0.25) is 10.3 Å². The Balaban J connectivity index is 0.000000176. The molecule has 4 aliphatic rings. The number of rotatable bonds is 23. The van der Waals surface area contributed by atoms with Gasteiger partial charge in [-0.05, 0) is 135 Å². The monoisotopic (exact) mass is 1200 g/mol. The normalized spacial score (nSPS) is 19.2. The zero-order chi connectivity index (χ0) is 58.4. The fourth-order valence-corrected chi connectivity index (χ4v) is 11.1. The van der Waals surface area contributed by atoms with Crippen molar-refractivity contribution in [1.29, 1.82) is 0 Å². The molecule has 4 N–H and O–H groups in total. The molecule has 1 amide bonds. The number of hydrogen-bond acceptors (Lipinski definition) is 16. The molecular formula is C54H72Cl2N12O11S2. The molecule has 0 aromatic carbocycles. The number of carbonyl (C=O) groups is 2. The van der Waals surface area contributed by atoms with Crippen LogP contribution in [0.25, 0.3) is 11.6 Å². The van der Waals surface area contributed by atoms with Crippen LogP contribution in [0.3, 0.4) is 0 Å². The first-order valence-electron chi connectivity index (χ1n) is 27.0. The van der Waals surface area contributed by atoms with Crippen molar-refractivity contribution in [3.63, 3.8) is 0 Å². The standard InChI is InChI=1S/C27H35ClN6O5S.C15H16ClN3O3.C12H21N3O3S/c1-26(2)9-6-19(18-26)38-17-15-33-13-8-23(31-33)40(36,37)32-25(35)20-4-5-21(29-24(20)28)34-14-7-22(30-34)39-16-12-27(3)10-11-27;1-15(5-6-15)7-9-22-12-4-8-19(18-12)11-3-2-10(14(20)21)13(16)17-11;1-12(2)5-3-10(9-12)18-8-7-15-6-4-11(14-15)19(13,16)17/h4-5,7-8,13-14,19H,6,9-12,15-18H2,1-3H3,(H,32,35);2-4,8H,5-7,9H2,1H3,(H,20,21);4,6,10H,3,5,7-9H2,1-2H3,(H2,13,16,17). The van der Waals surface area contributed by atoms with Crippen molar-refractivity contribution in [2.75, 3.05) is 26.4 Å². The molecule has 81 heavy (non-hydrogen) atoms. The lowest BCUT2D eigenvalue weighted by molar-refractivity contribution is 0.0445. The maximum absolute atomic E-state index is 12.8. The molecule has 23 nitrogen and oxygen atoms in total. The summed E-state index contributed by atoms with van der Waals surface area (Å²) in [5.74, 6) is -0.242. The van der Waals surface area contributed by atoms with Gasteiger partial charge >= 0.3 is 5.97 Å². The van der Waals surface area contributed by atoms with Crippen LogP contribution < -0.4 is 19.3 Å². The zero-order valence-electron chi connectivity index (χ0n) is 46.5. The number of amides is 1. The second-order valence-corrected chi connectivity index (χ2v) is 27.3. The Morgan fingerprint density at radius 2 is 1.06 bits per heavy atom. The molecule has 10 rings (SSSR count). The summed E-state index contributed by atoms with van der Waals surface area (Å²) in [4.78, 5) is 31.9. The van der Waals surface area contributed by atoms with Crippen LogP contribution >= 0.6 is 23.2 Å². The van der Waals surface area contributed by atoms with Gasteiger partial charge in [0.1, 0.15) is 10.3 Å². The summed E-state index contributed by atoms with van der Waals surface area (Å²) in [5.41, 5.74) is 1.37. The van der Waals surface area contributed by atoms with E-state index in [1.165, 1.54) is 76.5 Å². The Morgan fingerprint density at radius 3 is 1.46 bits per heavy atom. The van der Waals surface area contributed by atoms with E-state index in [9.17, 15) is 26.4 Å². The van der Waals surface area contributed by atoms with E-state index in [-0.39, 0.29) is 37.6 Å². The van der Waals surface area contributed by atoms with Crippen molar-refractivity contribution in [3.8, 4) is 23.4 Å². The summed E-state index contributed by atoms with van der Waals surface area (Å²) >= 11 is 12.1. The van der Waals surface area contributed by atoms with E-state index in [0.717, 1.165) is 44.9 Å². The van der Waals surface area contributed by atoms with Gasteiger partial charge in [-0.25, -0.2) is 42.4 Å². The third-order valence-corrected chi connectivity index (χ3v) is 17.7. The summed E-state index contributed by atoms with van der Waals surface area (Å²) in [5, 5.41) is 29.9. The van der Waals surface area contributed by atoms with Gasteiger partial charge in [-0.2, -0.15) is 18.6 Å². The largest absolute Gasteiger partial charge is 0.478 e. The summed E-state index contributed by atoms with van der Waals surface area (Å²) < 4.78 is 78.9. The molecule has 2 unspecified atom stereocenters. The fourth-order valence-electron chi connectivity index (χ4n) is 9.30. The van der Waals surface area contributed by atoms with Gasteiger partial charge in [0.15, 0.2) is 21.7 Å². The number of aromatic nitrogens is 10. The van der Waals surface area contributed by atoms with Gasteiger partial charge in [0.2, 0.25) is 11.8 Å². The Morgan fingerprint density at radius 1 is 0.617 bits per heavy atom. The maximum atomic E-state index is 12.8. The first-order chi connectivity index (χ1) is 38.1. The van der Waals surface area contributed by atoms with Crippen molar-refractivity contribution >= 4 is 55.1 Å². The SMILES string of the molecule is CC1(C)CCC(OCCn2ccc(S(=O)(=O)NC(=O)c3ccc(-n4ccc(OCCC5(C)CC5)n4)nc3Cl)n2)C1.CC1(C)CCC(OCCn2ccc(S(N)(=O)=O)n2)C1.CC1(CCOc2ccn(-c3ccc(C(=O)O)c(Cl)n3)n2)CC1. The average molecular weight is 1200 g/mol. The number of aromatic carboxylic acids is 1. The summed E-state index contributed by atoms with van der Waals surface area (Å²) in [7, 11) is -7.94. The van der Waals surface area contributed by atoms with E-state index in [0.29, 0.717) is 90.7 Å². The molecule has 0 radical (unpaired) electrons. The first-order valence-corrected chi connectivity index (χ1v) is 30.8. The molecular weight excluding hydrogens is 1130 g/mol. The minimum atomic E-state index is -4.23. The first kappa shape index (κ1) is 61.1. The number of sulfonamides is 2. The van der Waals surface area contributed by atoms with Gasteiger partial charge in [0.25, 0.3) is 26.0 Å². The highest BCUT2D eigenvalue weighted by molar-refractivity contribution is 7.90. The number of ether oxygens (including phenoxy) is 4. The van der Waals surface area contributed by atoms with Crippen LogP contribution in [-0.2, 0) is 42.6 Å². The zero-order valence-corrected chi connectivity index (χ0v) is 49.6. The summed E-state index contributed by atoms with van der Waals surface area (Å²) in [6, 6.07) is 12.1. The Bertz CT molecular complexity index is 3390. The number of nitrogens with one attached hydrogen (secondary N) is 1. The highest BCUT2D eigenvalue weighted by Gasteiger charge is 2.38. The number of hydrogen-bond donors (Lipinski definition) is 3. The number of carboxylic acid groups (broad SMARTS) is 1. The fraction of sp³-hybridized carbons (Fsp3) is 0.556. The van der Waals surface area contributed by atoms with Gasteiger partial charge < -0.3 is 24.1 Å². The quantitative estimate of drug-likeness (QED) is 0.0505. The third-order valence-electron chi connectivity index (χ3n) is 15.1. The third kappa shape index (κ3) is 17.8. The van der Waals surface area contributed by atoms with E-state index >= 15 is 0 Å². The Hall–Kier alpha value is -5.96. The van der Waals surface area contributed by atoms with Crippen LogP contribution in [0.1, 0.15) is 139 Å². The lowest BCUT2D eigenvalue weighted by atomic mass is 9.92. The average Bonchev–Trinajstić information content (AvgIpc) is 3.88. The Labute approximate surface area is 482 Å². The topological polar surface area (TPSA) is 295 Å². The van der Waals surface area contributed by atoms with Gasteiger partial charge in [-0.1, -0.05) is 64.7 Å². The Kier molecular flexibility index (Phi) is 19.1. The number of primary sulfonamides is 1. The molecule has 6 heterocycles. The van der Waals surface area contributed by atoms with Crippen LogP contribution in [0.15, 0.2) is 83.4 Å². The van der Waals surface area contributed by atoms with E-state index in [2.05, 4.69) is 71.9 Å². The number of nitrogens with zero attached hydrogens (tertiary/aromatic N) is 10. The maximum Gasteiger partial charge on any atom is 0.338 e. The van der Waals surface area contributed by atoms with Crippen molar-refractivity contribution in [2.45, 2.75) is 154 Å². The number of carboxylic acids is 1. The lowest BCUT2D eigenvalue weighted by Crippen LogP contribution is -2.31. The molecule has 27 heteroatoms. The number of pyridine rings is 2. The smallest absolute Gasteiger partial charge is 0.338 e. The molecule has 0 saturated heterocycles. The molecule has 6 aromatic rings. The van der Waals surface area contributed by atoms with Crippen molar-refractivity contribution in [2.24, 2.45) is 26.8 Å². The van der Waals surface area contributed by atoms with E-state index in [1.54, 1.807) is 47.7 Å². The summed E-state index contributed by atoms with van der Waals surface area (Å²) in [6.07, 6.45) is 20.5. The van der Waals surface area contributed by atoms with Crippen LogP contribution in [-0.4, -0.2) is 122 Å². The van der Waals surface area contributed by atoms with E-state index in [4.69, 9.17) is 52.4 Å². The summed E-state index contributed by atoms with van der Waals surface area (Å²) in [6.45, 7) is 16.6. The highest BCUT2D eigenvalue weighted by Crippen LogP contribution is 2.48. The molecule has 0 aliphatic heterocycles. The molecule has 2 atom stereocenters. The second kappa shape index (κ2) is 25.3. The van der Waals surface area contributed by atoms with Gasteiger partial charge in [-0.15, -0.1) is 10.2 Å². The number of carbonyl (C=O) groups excluding carboxylic acids is 1. The molecule has 6 aromatic heterocycles. The van der Waals surface area contributed by atoms with E-state index in [1.807, 2.05) is 4.72 Å². The number of halogens is 2. The predicted octanol–water partition coefficient (Wildman–Crippen LogP) is 8.71. The number of nitrogens with two attached hydrogens (primary N) is 1. The lowest BCUT2D eigenvalue weighted by Gasteiger charge is -2.17. The van der Waals surface area contributed by atoms with Crippen molar-refractivity contribution in [3.05, 3.63) is 94.8 Å². The molecule has 0 bridgehead atoms. The van der Waals surface area contributed by atoms with Crippen molar-refractivity contribution < 1.29 is 50.5 Å². The molecule has 4 fully saturated rings. The molecule has 0 spiro atoms. The highest BCUT2D eigenvalue weighted by atomic mass is 35.5. The molecule has 4 saturated carbocycles. The van der Waals surface area contributed by atoms with Gasteiger partial charge in [0, 0.05) is 36.9 Å². The van der Waals surface area contributed by atoms with Crippen molar-refractivity contribution in [1.82, 2.24) is 53.8 Å². The van der Waals surface area contributed by atoms with Crippen LogP contribution in [0.5, 0.6) is 11.8 Å². The minimum Gasteiger partial charge on any atom is -0.478 e.